The summed E-state index contributed by atoms with van der Waals surface area (Å²) >= 11 is 0. The number of hydrogen-bond acceptors (Lipinski definition) is 1. The van der Waals surface area contributed by atoms with E-state index in [4.69, 9.17) is 0 Å². The van der Waals surface area contributed by atoms with Crippen LogP contribution in [0.1, 0.15) is 25.2 Å². The summed E-state index contributed by atoms with van der Waals surface area (Å²) in [6.07, 6.45) is 4.14. The van der Waals surface area contributed by atoms with Crippen LogP contribution in [0.25, 0.3) is 0 Å². The lowest BCUT2D eigenvalue weighted by molar-refractivity contribution is 0.355. The summed E-state index contributed by atoms with van der Waals surface area (Å²) in [6.45, 7) is 4.62. The normalized spacial score (nSPS) is 30.0. The zero-order valence-electron chi connectivity index (χ0n) is 7.09. The Balaban J connectivity index is 2.30. The summed E-state index contributed by atoms with van der Waals surface area (Å²) in [7, 11) is 0. The number of imidazole rings is 1. The molecule has 0 aromatic carbocycles. The van der Waals surface area contributed by atoms with Crippen molar-refractivity contribution in [2.24, 2.45) is 11.8 Å². The van der Waals surface area contributed by atoms with Crippen molar-refractivity contribution in [3.05, 3.63) is 17.7 Å². The fourth-order valence-electron chi connectivity index (χ4n) is 1.73. The number of nitrogens with one attached hydrogen (secondary N) is 1. The van der Waals surface area contributed by atoms with Crippen LogP contribution in [-0.2, 0) is 12.8 Å². The lowest BCUT2D eigenvalue weighted by Crippen LogP contribution is -2.20. The maximum atomic E-state index is 4.29. The lowest BCUT2D eigenvalue weighted by atomic mass is 9.82. The average Bonchev–Trinajstić information content (AvgIpc) is 2.36. The van der Waals surface area contributed by atoms with Crippen LogP contribution >= 0.6 is 0 Å². The Bertz CT molecular complexity index is 227. The van der Waals surface area contributed by atoms with Gasteiger partial charge in [-0.25, -0.2) is 4.98 Å². The Hall–Kier alpha value is -0.790. The number of rotatable bonds is 0. The molecule has 1 aliphatic carbocycles. The smallest absolute Gasteiger partial charge is 0.0925 e. The molecule has 60 valence electrons. The van der Waals surface area contributed by atoms with Gasteiger partial charge in [-0.15, -0.1) is 0 Å². The lowest BCUT2D eigenvalue weighted by Gasteiger charge is -2.24. The van der Waals surface area contributed by atoms with Gasteiger partial charge < -0.3 is 4.98 Å². The molecule has 0 saturated carbocycles. The van der Waals surface area contributed by atoms with Gasteiger partial charge in [-0.2, -0.15) is 0 Å². The third kappa shape index (κ3) is 1.06. The van der Waals surface area contributed by atoms with Gasteiger partial charge in [-0.1, -0.05) is 13.8 Å². The van der Waals surface area contributed by atoms with Gasteiger partial charge in [-0.05, 0) is 24.7 Å². The quantitative estimate of drug-likeness (QED) is 0.600. The van der Waals surface area contributed by atoms with Crippen molar-refractivity contribution in [3.63, 3.8) is 0 Å². The van der Waals surface area contributed by atoms with Gasteiger partial charge in [0, 0.05) is 5.69 Å². The SMILES string of the molecule is C[C@H]1Cc2nc[nH]c2C[C@@H]1C. The molecule has 1 aliphatic rings. The first-order valence-electron chi connectivity index (χ1n) is 4.28. The molecule has 0 spiro atoms. The maximum absolute atomic E-state index is 4.29. The Morgan fingerprint density at radius 3 is 2.91 bits per heavy atom. The van der Waals surface area contributed by atoms with E-state index in [0.29, 0.717) is 0 Å². The molecular weight excluding hydrogens is 136 g/mol. The average molecular weight is 150 g/mol. The van der Waals surface area contributed by atoms with E-state index in [1.165, 1.54) is 17.8 Å². The first kappa shape index (κ1) is 6.89. The monoisotopic (exact) mass is 150 g/mol. The fourth-order valence-corrected chi connectivity index (χ4v) is 1.73. The van der Waals surface area contributed by atoms with Gasteiger partial charge in [-0.3, -0.25) is 0 Å². The van der Waals surface area contributed by atoms with Gasteiger partial charge in [0.05, 0.1) is 12.0 Å². The highest BCUT2D eigenvalue weighted by Gasteiger charge is 2.23. The molecule has 2 atom stereocenters. The van der Waals surface area contributed by atoms with Crippen molar-refractivity contribution in [2.75, 3.05) is 0 Å². The second-order valence-electron chi connectivity index (χ2n) is 3.69. The highest BCUT2D eigenvalue weighted by atomic mass is 14.9. The molecule has 2 nitrogen and oxygen atoms in total. The molecule has 1 aromatic heterocycles. The summed E-state index contributed by atoms with van der Waals surface area (Å²) in [5.74, 6) is 1.61. The van der Waals surface area contributed by atoms with Gasteiger partial charge in [0.15, 0.2) is 0 Å². The van der Waals surface area contributed by atoms with Crippen molar-refractivity contribution in [2.45, 2.75) is 26.7 Å². The Morgan fingerprint density at radius 2 is 2.09 bits per heavy atom. The molecule has 1 aromatic rings. The summed E-state index contributed by atoms with van der Waals surface area (Å²) in [6, 6.07) is 0. The third-order valence-electron chi connectivity index (χ3n) is 2.82. The van der Waals surface area contributed by atoms with Crippen molar-refractivity contribution in [1.82, 2.24) is 9.97 Å². The van der Waals surface area contributed by atoms with Crippen LogP contribution < -0.4 is 0 Å². The van der Waals surface area contributed by atoms with E-state index in [1.54, 1.807) is 0 Å². The molecule has 2 heteroatoms. The number of aromatic nitrogens is 2. The number of nitrogens with zero attached hydrogens (tertiary/aromatic N) is 1. The molecule has 0 amide bonds. The van der Waals surface area contributed by atoms with Crippen molar-refractivity contribution in [3.8, 4) is 0 Å². The van der Waals surface area contributed by atoms with Crippen molar-refractivity contribution < 1.29 is 0 Å². The van der Waals surface area contributed by atoms with Gasteiger partial charge in [0.2, 0.25) is 0 Å². The van der Waals surface area contributed by atoms with E-state index in [1.807, 2.05) is 6.33 Å². The highest BCUT2D eigenvalue weighted by Crippen LogP contribution is 2.26. The largest absolute Gasteiger partial charge is 0.348 e. The first-order valence-corrected chi connectivity index (χ1v) is 4.28. The van der Waals surface area contributed by atoms with Gasteiger partial charge in [0.25, 0.3) is 0 Å². The van der Waals surface area contributed by atoms with Crippen LogP contribution in [0.3, 0.4) is 0 Å². The summed E-state index contributed by atoms with van der Waals surface area (Å²) in [4.78, 5) is 7.48. The van der Waals surface area contributed by atoms with E-state index in [0.717, 1.165) is 18.3 Å². The Morgan fingerprint density at radius 1 is 1.36 bits per heavy atom. The maximum Gasteiger partial charge on any atom is 0.0925 e. The van der Waals surface area contributed by atoms with Crippen LogP contribution in [0.2, 0.25) is 0 Å². The first-order chi connectivity index (χ1) is 5.27. The second kappa shape index (κ2) is 2.36. The summed E-state index contributed by atoms with van der Waals surface area (Å²) in [5.41, 5.74) is 2.64. The molecule has 0 saturated heterocycles. The molecule has 2 rings (SSSR count). The van der Waals surface area contributed by atoms with Gasteiger partial charge >= 0.3 is 0 Å². The van der Waals surface area contributed by atoms with Crippen molar-refractivity contribution in [1.29, 1.82) is 0 Å². The topological polar surface area (TPSA) is 28.7 Å². The third-order valence-corrected chi connectivity index (χ3v) is 2.82. The predicted octanol–water partition coefficient (Wildman–Crippen LogP) is 1.78. The molecule has 11 heavy (non-hydrogen) atoms. The molecular formula is C9H14N2. The van der Waals surface area contributed by atoms with E-state index in [2.05, 4.69) is 23.8 Å². The standard InChI is InChI=1S/C9H14N2/c1-6-3-8-9(4-7(6)2)11-5-10-8/h5-7H,3-4H2,1-2H3,(H,10,11)/t6-,7-/m0/s1. The predicted molar refractivity (Wildman–Crippen MR) is 44.3 cm³/mol. The highest BCUT2D eigenvalue weighted by molar-refractivity contribution is 5.15. The van der Waals surface area contributed by atoms with Crippen LogP contribution in [0.5, 0.6) is 0 Å². The fraction of sp³-hybridized carbons (Fsp3) is 0.667. The minimum atomic E-state index is 0.797. The Labute approximate surface area is 67.0 Å². The molecule has 0 unspecified atom stereocenters. The molecule has 1 heterocycles. The zero-order chi connectivity index (χ0) is 7.84. The molecule has 1 N–H and O–H groups in total. The van der Waals surface area contributed by atoms with E-state index < -0.39 is 0 Å². The summed E-state index contributed by atoms with van der Waals surface area (Å²) in [5, 5.41) is 0. The zero-order valence-corrected chi connectivity index (χ0v) is 7.09. The number of aromatic amines is 1. The van der Waals surface area contributed by atoms with E-state index in [-0.39, 0.29) is 0 Å². The minimum Gasteiger partial charge on any atom is -0.348 e. The summed E-state index contributed by atoms with van der Waals surface area (Å²) < 4.78 is 0. The Kier molecular flexibility index (Phi) is 1.48. The second-order valence-corrected chi connectivity index (χ2v) is 3.69. The number of fused-ring (bicyclic) bond motifs is 1. The molecule has 0 fully saturated rings. The van der Waals surface area contributed by atoms with Gasteiger partial charge in [0.1, 0.15) is 0 Å². The molecule has 0 bridgehead atoms. The van der Waals surface area contributed by atoms with Crippen molar-refractivity contribution >= 4 is 0 Å². The van der Waals surface area contributed by atoms with Crippen LogP contribution in [0.15, 0.2) is 6.33 Å². The van der Waals surface area contributed by atoms with Crippen LogP contribution in [0.4, 0.5) is 0 Å². The minimum absolute atomic E-state index is 0.797. The number of H-pyrrole nitrogens is 1. The van der Waals surface area contributed by atoms with E-state index in [9.17, 15) is 0 Å². The van der Waals surface area contributed by atoms with E-state index >= 15 is 0 Å². The molecule has 0 aliphatic heterocycles. The molecule has 0 radical (unpaired) electrons. The van der Waals surface area contributed by atoms with Crippen LogP contribution in [-0.4, -0.2) is 9.97 Å². The van der Waals surface area contributed by atoms with Crippen LogP contribution in [0, 0.1) is 11.8 Å². The number of hydrogen-bond donors (Lipinski definition) is 1.